The van der Waals surface area contributed by atoms with E-state index in [1.807, 2.05) is 13.0 Å². The van der Waals surface area contributed by atoms with Crippen molar-refractivity contribution in [1.82, 2.24) is 0 Å². The highest BCUT2D eigenvalue weighted by atomic mass is 16.5. The molecule has 0 aliphatic heterocycles. The number of allylic oxidation sites excluding steroid dienone is 2. The smallest absolute Gasteiger partial charge is 0.161 e. The summed E-state index contributed by atoms with van der Waals surface area (Å²) in [5, 5.41) is 0. The van der Waals surface area contributed by atoms with Crippen LogP contribution < -0.4 is 4.74 Å². The van der Waals surface area contributed by atoms with E-state index >= 15 is 0 Å². The molecule has 3 unspecified atom stereocenters. The summed E-state index contributed by atoms with van der Waals surface area (Å²) < 4.78 is 5.33. The topological polar surface area (TPSA) is 26.3 Å². The highest BCUT2D eigenvalue weighted by molar-refractivity contribution is 5.98. The zero-order chi connectivity index (χ0) is 14.5. The molecule has 0 radical (unpaired) electrons. The first-order valence-electron chi connectivity index (χ1n) is 7.37. The minimum absolute atomic E-state index is 0.0671. The van der Waals surface area contributed by atoms with Gasteiger partial charge in [-0.05, 0) is 54.0 Å². The largest absolute Gasteiger partial charge is 0.497 e. The van der Waals surface area contributed by atoms with Crippen LogP contribution in [-0.2, 0) is 11.2 Å². The van der Waals surface area contributed by atoms with E-state index in [9.17, 15) is 4.79 Å². The fraction of sp³-hybridized carbons (Fsp3) is 0.500. The molecule has 0 saturated heterocycles. The minimum atomic E-state index is 0.0671. The third-order valence-electron chi connectivity index (χ3n) is 5.18. The van der Waals surface area contributed by atoms with Gasteiger partial charge in [-0.15, -0.1) is 0 Å². The van der Waals surface area contributed by atoms with Crippen molar-refractivity contribution < 1.29 is 9.53 Å². The van der Waals surface area contributed by atoms with Gasteiger partial charge in [-0.3, -0.25) is 4.79 Å². The van der Waals surface area contributed by atoms with Crippen LogP contribution in [0.4, 0.5) is 0 Å². The molecule has 1 aromatic carbocycles. The molecule has 3 rings (SSSR count). The molecule has 20 heavy (non-hydrogen) atoms. The number of carbonyl (C=O) groups is 1. The maximum Gasteiger partial charge on any atom is 0.161 e. The number of benzene rings is 1. The maximum absolute atomic E-state index is 12.4. The van der Waals surface area contributed by atoms with Gasteiger partial charge in [0.05, 0.1) is 7.11 Å². The van der Waals surface area contributed by atoms with Crippen molar-refractivity contribution in [2.24, 2.45) is 11.3 Å². The summed E-state index contributed by atoms with van der Waals surface area (Å²) in [7, 11) is 1.70. The molecular weight excluding hydrogens is 248 g/mol. The lowest BCUT2D eigenvalue weighted by Gasteiger charge is -2.46. The van der Waals surface area contributed by atoms with Crippen LogP contribution in [0.1, 0.15) is 44.2 Å². The highest BCUT2D eigenvalue weighted by Crippen LogP contribution is 2.54. The predicted molar refractivity (Wildman–Crippen MR) is 80.1 cm³/mol. The van der Waals surface area contributed by atoms with Crippen LogP contribution in [0.3, 0.4) is 0 Å². The number of ketones is 1. The fourth-order valence-electron chi connectivity index (χ4n) is 4.22. The lowest BCUT2D eigenvalue weighted by molar-refractivity contribution is -0.121. The van der Waals surface area contributed by atoms with Crippen molar-refractivity contribution in [3.8, 4) is 5.75 Å². The standard InChI is InChI=1S/C18H22O2/c1-11-10-18(3)8-7-13-9-14(20-4)5-6-15(13)16(18)12(2)17(11)19/h5-6,9-10,12,16H,7-8H2,1-4H3. The molecule has 2 nitrogen and oxygen atoms in total. The van der Waals surface area contributed by atoms with Gasteiger partial charge in [0.25, 0.3) is 0 Å². The predicted octanol–water partition coefficient (Wildman–Crippen LogP) is 3.90. The molecule has 0 spiro atoms. The molecule has 0 saturated carbocycles. The van der Waals surface area contributed by atoms with E-state index in [1.54, 1.807) is 7.11 Å². The van der Waals surface area contributed by atoms with Gasteiger partial charge >= 0.3 is 0 Å². The second-order valence-corrected chi connectivity index (χ2v) is 6.53. The van der Waals surface area contributed by atoms with E-state index in [-0.39, 0.29) is 11.3 Å². The van der Waals surface area contributed by atoms with Crippen LogP contribution in [0.15, 0.2) is 29.8 Å². The van der Waals surface area contributed by atoms with Crippen LogP contribution in [0.2, 0.25) is 0 Å². The SMILES string of the molecule is COc1ccc2c(c1)CCC1(C)C=C(C)C(=O)C(C)C21. The number of carbonyl (C=O) groups excluding carboxylic acids is 1. The molecule has 2 aliphatic rings. The van der Waals surface area contributed by atoms with Crippen molar-refractivity contribution in [3.05, 3.63) is 41.0 Å². The normalized spacial score (nSPS) is 32.2. The van der Waals surface area contributed by atoms with Crippen LogP contribution in [0, 0.1) is 11.3 Å². The minimum Gasteiger partial charge on any atom is -0.497 e. The van der Waals surface area contributed by atoms with Crippen molar-refractivity contribution in [2.75, 3.05) is 7.11 Å². The van der Waals surface area contributed by atoms with Gasteiger partial charge in [-0.1, -0.05) is 26.0 Å². The van der Waals surface area contributed by atoms with E-state index in [0.717, 1.165) is 24.2 Å². The van der Waals surface area contributed by atoms with E-state index in [1.165, 1.54) is 11.1 Å². The van der Waals surface area contributed by atoms with Gasteiger partial charge in [0.2, 0.25) is 0 Å². The number of hydrogen-bond acceptors (Lipinski definition) is 2. The quantitative estimate of drug-likeness (QED) is 0.773. The Kier molecular flexibility index (Phi) is 3.00. The van der Waals surface area contributed by atoms with Crippen LogP contribution in [-0.4, -0.2) is 12.9 Å². The van der Waals surface area contributed by atoms with Gasteiger partial charge < -0.3 is 4.74 Å². The third-order valence-corrected chi connectivity index (χ3v) is 5.18. The summed E-state index contributed by atoms with van der Waals surface area (Å²) >= 11 is 0. The molecule has 106 valence electrons. The fourth-order valence-corrected chi connectivity index (χ4v) is 4.22. The summed E-state index contributed by atoms with van der Waals surface area (Å²) in [5.74, 6) is 1.58. The number of rotatable bonds is 1. The van der Waals surface area contributed by atoms with Crippen LogP contribution in [0.5, 0.6) is 5.75 Å². The molecule has 0 heterocycles. The number of ether oxygens (including phenoxy) is 1. The molecule has 2 heteroatoms. The van der Waals surface area contributed by atoms with Gasteiger partial charge in [0, 0.05) is 11.8 Å². The summed E-state index contributed by atoms with van der Waals surface area (Å²) in [6.07, 6.45) is 4.38. The summed E-state index contributed by atoms with van der Waals surface area (Å²) in [6, 6.07) is 6.32. The molecular formula is C18H22O2. The zero-order valence-electron chi connectivity index (χ0n) is 12.7. The average molecular weight is 270 g/mol. The maximum atomic E-state index is 12.4. The van der Waals surface area contributed by atoms with Gasteiger partial charge in [-0.25, -0.2) is 0 Å². The molecule has 0 N–H and O–H groups in total. The Morgan fingerprint density at radius 3 is 2.80 bits per heavy atom. The summed E-state index contributed by atoms with van der Waals surface area (Å²) in [5.41, 5.74) is 3.73. The Bertz CT molecular complexity index is 599. The van der Waals surface area contributed by atoms with Crippen molar-refractivity contribution in [1.29, 1.82) is 0 Å². The number of fused-ring (bicyclic) bond motifs is 3. The number of aryl methyl sites for hydroxylation is 1. The summed E-state index contributed by atoms with van der Waals surface area (Å²) in [4.78, 5) is 12.4. The monoisotopic (exact) mass is 270 g/mol. The Morgan fingerprint density at radius 1 is 1.35 bits per heavy atom. The lowest BCUT2D eigenvalue weighted by Crippen LogP contribution is -2.40. The van der Waals surface area contributed by atoms with Crippen molar-refractivity contribution >= 4 is 5.78 Å². The third kappa shape index (κ3) is 1.81. The van der Waals surface area contributed by atoms with Gasteiger partial charge in [0.15, 0.2) is 5.78 Å². The Labute approximate surface area is 120 Å². The lowest BCUT2D eigenvalue weighted by atomic mass is 9.56. The van der Waals surface area contributed by atoms with Gasteiger partial charge in [0.1, 0.15) is 5.75 Å². The van der Waals surface area contributed by atoms with Gasteiger partial charge in [-0.2, -0.15) is 0 Å². The number of Topliss-reactive ketones (excluding diaryl/α,β-unsaturated/α-hetero) is 1. The average Bonchev–Trinajstić information content (AvgIpc) is 2.43. The molecule has 0 fully saturated rings. The van der Waals surface area contributed by atoms with E-state index < -0.39 is 0 Å². The molecule has 2 aliphatic carbocycles. The van der Waals surface area contributed by atoms with Crippen molar-refractivity contribution in [2.45, 2.75) is 39.5 Å². The van der Waals surface area contributed by atoms with E-state index in [0.29, 0.717) is 11.7 Å². The molecule has 0 amide bonds. The van der Waals surface area contributed by atoms with E-state index in [2.05, 4.69) is 32.1 Å². The first-order valence-corrected chi connectivity index (χ1v) is 7.37. The van der Waals surface area contributed by atoms with Crippen LogP contribution in [0.25, 0.3) is 0 Å². The Balaban J connectivity index is 2.14. The molecule has 0 bridgehead atoms. The Morgan fingerprint density at radius 2 is 2.10 bits per heavy atom. The second kappa shape index (κ2) is 4.47. The molecule has 0 aromatic heterocycles. The highest BCUT2D eigenvalue weighted by Gasteiger charge is 2.46. The molecule has 1 aromatic rings. The zero-order valence-corrected chi connectivity index (χ0v) is 12.7. The van der Waals surface area contributed by atoms with Crippen molar-refractivity contribution in [3.63, 3.8) is 0 Å². The van der Waals surface area contributed by atoms with Crippen LogP contribution >= 0.6 is 0 Å². The van der Waals surface area contributed by atoms with E-state index in [4.69, 9.17) is 4.74 Å². The first-order chi connectivity index (χ1) is 9.46. The Hall–Kier alpha value is -1.57. The number of hydrogen-bond donors (Lipinski definition) is 0. The molecule has 3 atom stereocenters. The second-order valence-electron chi connectivity index (χ2n) is 6.53. The summed E-state index contributed by atoms with van der Waals surface area (Å²) in [6.45, 7) is 6.35. The number of methoxy groups -OCH3 is 1. The first kappa shape index (κ1) is 13.4.